The van der Waals surface area contributed by atoms with Gasteiger partial charge in [0.1, 0.15) is 11.5 Å². The third-order valence-electron chi connectivity index (χ3n) is 5.45. The molecule has 0 saturated heterocycles. The largest absolute Gasteiger partial charge is 0.345 e. The molecule has 4 aromatic rings. The number of aliphatic imine (C=N–C) groups is 1. The SMILES string of the molecule is CCc1cc2c(s1)-n1c(nnc1CNC(=O)c1ccc(Cl)c(Cl)c1)CN=C2c1ccc(Cl)cc1. The standard InChI is InChI=1S/C24H18Cl3N5OS/c1-2-16-10-17-22(13-3-6-15(25)7-4-13)28-11-20-30-31-21(32(20)24(17)34-16)12-29-23(33)14-5-8-18(26)19(27)9-14/h3-10H,2,11-12H2,1H3,(H,29,33). The van der Waals surface area contributed by atoms with E-state index < -0.39 is 0 Å². The molecule has 0 bridgehead atoms. The molecule has 10 heteroatoms. The van der Waals surface area contributed by atoms with Crippen LogP contribution in [0.1, 0.15) is 44.9 Å². The van der Waals surface area contributed by atoms with Crippen LogP contribution in [0.15, 0.2) is 53.5 Å². The summed E-state index contributed by atoms with van der Waals surface area (Å²) >= 11 is 19.8. The Balaban J connectivity index is 1.48. The van der Waals surface area contributed by atoms with Gasteiger partial charge >= 0.3 is 0 Å². The second-order valence-electron chi connectivity index (χ2n) is 7.64. The monoisotopic (exact) mass is 529 g/mol. The molecule has 34 heavy (non-hydrogen) atoms. The number of halogens is 3. The Kier molecular flexibility index (Phi) is 6.44. The number of nitrogens with one attached hydrogen (secondary N) is 1. The predicted octanol–water partition coefficient (Wildman–Crippen LogP) is 6.13. The van der Waals surface area contributed by atoms with Crippen molar-refractivity contribution in [2.45, 2.75) is 26.4 Å². The first-order valence-corrected chi connectivity index (χ1v) is 12.5. The van der Waals surface area contributed by atoms with Crippen LogP contribution in [0.5, 0.6) is 0 Å². The molecule has 1 aliphatic rings. The van der Waals surface area contributed by atoms with Crippen LogP contribution in [0.2, 0.25) is 15.1 Å². The lowest BCUT2D eigenvalue weighted by molar-refractivity contribution is 0.0949. The molecule has 0 fully saturated rings. The zero-order valence-corrected chi connectivity index (χ0v) is 21.1. The van der Waals surface area contributed by atoms with Crippen molar-refractivity contribution in [3.05, 3.63) is 96.8 Å². The summed E-state index contributed by atoms with van der Waals surface area (Å²) in [7, 11) is 0. The number of aryl methyl sites for hydroxylation is 1. The van der Waals surface area contributed by atoms with E-state index in [0.29, 0.717) is 38.8 Å². The van der Waals surface area contributed by atoms with Gasteiger partial charge in [0, 0.05) is 26.6 Å². The fraction of sp³-hybridized carbons (Fsp3) is 0.167. The number of nitrogens with zero attached hydrogens (tertiary/aromatic N) is 4. The number of fused-ring (bicyclic) bond motifs is 3. The summed E-state index contributed by atoms with van der Waals surface area (Å²) in [5, 5.41) is 14.0. The maximum atomic E-state index is 12.7. The molecular formula is C24H18Cl3N5OS. The van der Waals surface area contributed by atoms with Crippen molar-refractivity contribution in [1.82, 2.24) is 20.1 Å². The number of rotatable bonds is 5. The minimum atomic E-state index is -0.275. The molecule has 1 N–H and O–H groups in total. The molecule has 0 spiro atoms. The second kappa shape index (κ2) is 9.50. The summed E-state index contributed by atoms with van der Waals surface area (Å²) in [5.74, 6) is 1.07. The molecule has 0 unspecified atom stereocenters. The van der Waals surface area contributed by atoms with E-state index in [9.17, 15) is 4.79 Å². The maximum Gasteiger partial charge on any atom is 0.251 e. The lowest BCUT2D eigenvalue weighted by Crippen LogP contribution is -2.24. The number of benzene rings is 2. The van der Waals surface area contributed by atoms with Gasteiger partial charge in [-0.2, -0.15) is 0 Å². The molecule has 0 aliphatic carbocycles. The highest BCUT2D eigenvalue weighted by molar-refractivity contribution is 7.15. The fourth-order valence-corrected chi connectivity index (χ4v) is 5.30. The van der Waals surface area contributed by atoms with E-state index in [1.807, 2.05) is 28.8 Å². The molecule has 0 radical (unpaired) electrons. The van der Waals surface area contributed by atoms with Gasteiger partial charge < -0.3 is 5.32 Å². The van der Waals surface area contributed by atoms with Gasteiger partial charge in [-0.3, -0.25) is 14.4 Å². The zero-order chi connectivity index (χ0) is 23.8. The highest BCUT2D eigenvalue weighted by atomic mass is 35.5. The quantitative estimate of drug-likeness (QED) is 0.337. The number of aromatic nitrogens is 3. The third-order valence-corrected chi connectivity index (χ3v) is 7.71. The Morgan fingerprint density at radius 3 is 2.59 bits per heavy atom. The Morgan fingerprint density at radius 1 is 1.06 bits per heavy atom. The molecule has 0 saturated carbocycles. The van der Waals surface area contributed by atoms with E-state index in [-0.39, 0.29) is 12.5 Å². The molecule has 172 valence electrons. The van der Waals surface area contributed by atoms with E-state index in [0.717, 1.165) is 28.3 Å². The summed E-state index contributed by atoms with van der Waals surface area (Å²) in [6, 6.07) is 14.6. The van der Waals surface area contributed by atoms with Gasteiger partial charge in [-0.1, -0.05) is 53.9 Å². The first kappa shape index (κ1) is 23.1. The van der Waals surface area contributed by atoms with Gasteiger partial charge in [0.2, 0.25) is 0 Å². The van der Waals surface area contributed by atoms with Crippen LogP contribution in [-0.2, 0) is 19.5 Å². The molecule has 1 aliphatic heterocycles. The van der Waals surface area contributed by atoms with Gasteiger partial charge in [0.05, 0.1) is 22.3 Å². The second-order valence-corrected chi connectivity index (χ2v) is 10.0. The van der Waals surface area contributed by atoms with Crippen molar-refractivity contribution in [1.29, 1.82) is 0 Å². The molecule has 0 atom stereocenters. The van der Waals surface area contributed by atoms with Gasteiger partial charge in [0.25, 0.3) is 5.91 Å². The van der Waals surface area contributed by atoms with E-state index in [4.69, 9.17) is 39.8 Å². The third kappa shape index (κ3) is 4.36. The zero-order valence-electron chi connectivity index (χ0n) is 18.0. The highest BCUT2D eigenvalue weighted by Gasteiger charge is 2.25. The predicted molar refractivity (Wildman–Crippen MR) is 137 cm³/mol. The van der Waals surface area contributed by atoms with Gasteiger partial charge in [-0.25, -0.2) is 0 Å². The average molecular weight is 531 g/mol. The number of carbonyl (C=O) groups is 1. The summed E-state index contributed by atoms with van der Waals surface area (Å²) in [6.45, 7) is 2.69. The lowest BCUT2D eigenvalue weighted by Gasteiger charge is -2.10. The number of hydrogen-bond donors (Lipinski definition) is 1. The molecule has 3 heterocycles. The summed E-state index contributed by atoms with van der Waals surface area (Å²) < 4.78 is 2.00. The van der Waals surface area contributed by atoms with Crippen LogP contribution in [-0.4, -0.2) is 26.4 Å². The number of thiophene rings is 1. The minimum absolute atomic E-state index is 0.196. The Labute approximate surface area is 215 Å². The van der Waals surface area contributed by atoms with E-state index >= 15 is 0 Å². The fourth-order valence-electron chi connectivity index (χ4n) is 3.73. The van der Waals surface area contributed by atoms with E-state index in [1.165, 1.54) is 4.88 Å². The smallest absolute Gasteiger partial charge is 0.251 e. The maximum absolute atomic E-state index is 12.7. The molecule has 2 aromatic heterocycles. The number of carbonyl (C=O) groups excluding carboxylic acids is 1. The molecule has 2 aromatic carbocycles. The molecule has 5 rings (SSSR count). The van der Waals surface area contributed by atoms with Crippen molar-refractivity contribution in [3.63, 3.8) is 0 Å². The molecular weight excluding hydrogens is 513 g/mol. The number of amides is 1. The van der Waals surface area contributed by atoms with Crippen molar-refractivity contribution in [2.75, 3.05) is 0 Å². The van der Waals surface area contributed by atoms with Crippen LogP contribution in [0.4, 0.5) is 0 Å². The van der Waals surface area contributed by atoms with Gasteiger partial charge in [-0.15, -0.1) is 21.5 Å². The van der Waals surface area contributed by atoms with Crippen LogP contribution in [0, 0.1) is 0 Å². The number of hydrogen-bond acceptors (Lipinski definition) is 5. The molecule has 1 amide bonds. The Bertz CT molecular complexity index is 1430. The van der Waals surface area contributed by atoms with Gasteiger partial charge in [0.15, 0.2) is 11.6 Å². The topological polar surface area (TPSA) is 72.2 Å². The van der Waals surface area contributed by atoms with Crippen LogP contribution < -0.4 is 5.32 Å². The summed E-state index contributed by atoms with van der Waals surface area (Å²) in [5.41, 5.74) is 3.31. The Hall–Kier alpha value is -2.71. The van der Waals surface area contributed by atoms with Crippen molar-refractivity contribution >= 4 is 57.8 Å². The summed E-state index contributed by atoms with van der Waals surface area (Å²) in [4.78, 5) is 18.8. The van der Waals surface area contributed by atoms with Crippen molar-refractivity contribution in [3.8, 4) is 5.00 Å². The van der Waals surface area contributed by atoms with E-state index in [2.05, 4.69) is 28.5 Å². The summed E-state index contributed by atoms with van der Waals surface area (Å²) in [6.07, 6.45) is 0.895. The van der Waals surface area contributed by atoms with E-state index in [1.54, 1.807) is 29.5 Å². The van der Waals surface area contributed by atoms with Crippen LogP contribution in [0.3, 0.4) is 0 Å². The van der Waals surface area contributed by atoms with Crippen molar-refractivity contribution < 1.29 is 4.79 Å². The first-order valence-electron chi connectivity index (χ1n) is 10.5. The van der Waals surface area contributed by atoms with Gasteiger partial charge in [-0.05, 0) is 42.8 Å². The first-order chi connectivity index (χ1) is 16.4. The van der Waals surface area contributed by atoms with Crippen molar-refractivity contribution in [2.24, 2.45) is 4.99 Å². The Morgan fingerprint density at radius 2 is 1.85 bits per heavy atom. The van der Waals surface area contributed by atoms with Crippen LogP contribution in [0.25, 0.3) is 5.00 Å². The molecule has 6 nitrogen and oxygen atoms in total. The average Bonchev–Trinajstić information content (AvgIpc) is 3.41. The highest BCUT2D eigenvalue weighted by Crippen LogP contribution is 2.33. The lowest BCUT2D eigenvalue weighted by atomic mass is 10.0. The normalized spacial score (nSPS) is 12.5. The minimum Gasteiger partial charge on any atom is -0.345 e. The van der Waals surface area contributed by atoms with Crippen LogP contribution >= 0.6 is 46.1 Å².